The van der Waals surface area contributed by atoms with Crippen molar-refractivity contribution >= 4 is 0 Å². The van der Waals surface area contributed by atoms with Gasteiger partial charge in [0.15, 0.2) is 0 Å². The van der Waals surface area contributed by atoms with E-state index in [0.717, 1.165) is 13.0 Å². The van der Waals surface area contributed by atoms with Gasteiger partial charge in [-0.25, -0.2) is 0 Å². The average Bonchev–Trinajstić information content (AvgIpc) is 2.31. The highest BCUT2D eigenvalue weighted by Crippen LogP contribution is 2.07. The van der Waals surface area contributed by atoms with E-state index in [1.807, 2.05) is 18.2 Å². The van der Waals surface area contributed by atoms with E-state index >= 15 is 0 Å². The first-order valence-electron chi connectivity index (χ1n) is 5.44. The smallest absolute Gasteiger partial charge is 0.0981 e. The van der Waals surface area contributed by atoms with E-state index in [1.54, 1.807) is 0 Å². The summed E-state index contributed by atoms with van der Waals surface area (Å²) in [5.74, 6) is 0.402. The Morgan fingerprint density at radius 3 is 2.53 bits per heavy atom. The van der Waals surface area contributed by atoms with Gasteiger partial charge in [0, 0.05) is 6.54 Å². The van der Waals surface area contributed by atoms with Gasteiger partial charge in [-0.05, 0) is 11.5 Å². The normalized spacial score (nSPS) is 14.2. The van der Waals surface area contributed by atoms with Crippen molar-refractivity contribution in [3.05, 3.63) is 35.9 Å². The van der Waals surface area contributed by atoms with E-state index in [-0.39, 0.29) is 6.04 Å². The van der Waals surface area contributed by atoms with Crippen LogP contribution in [0.25, 0.3) is 0 Å². The predicted molar refractivity (Wildman–Crippen MR) is 62.1 cm³/mol. The Morgan fingerprint density at radius 2 is 2.00 bits per heavy atom. The van der Waals surface area contributed by atoms with Crippen LogP contribution in [-0.4, -0.2) is 6.04 Å². The summed E-state index contributed by atoms with van der Waals surface area (Å²) >= 11 is 0. The third kappa shape index (κ3) is 3.73. The van der Waals surface area contributed by atoms with Gasteiger partial charge in [-0.3, -0.25) is 5.32 Å². The zero-order chi connectivity index (χ0) is 11.1. The van der Waals surface area contributed by atoms with Crippen LogP contribution in [-0.2, 0) is 6.54 Å². The zero-order valence-electron chi connectivity index (χ0n) is 9.40. The van der Waals surface area contributed by atoms with Gasteiger partial charge in [-0.2, -0.15) is 5.26 Å². The maximum atomic E-state index is 8.99. The van der Waals surface area contributed by atoms with E-state index in [2.05, 4.69) is 37.4 Å². The highest BCUT2D eigenvalue weighted by Gasteiger charge is 2.13. The third-order valence-corrected chi connectivity index (χ3v) is 2.72. The van der Waals surface area contributed by atoms with Gasteiger partial charge in [0.25, 0.3) is 0 Å². The highest BCUT2D eigenvalue weighted by atomic mass is 14.9. The standard InChI is InChI=1S/C13H18N2/c1-3-11(2)13(9-14)15-10-12-7-5-4-6-8-12/h4-8,11,13,15H,3,10H2,1-2H3. The van der Waals surface area contributed by atoms with Crippen molar-refractivity contribution < 1.29 is 0 Å². The predicted octanol–water partition coefficient (Wildman–Crippen LogP) is 2.71. The first-order chi connectivity index (χ1) is 7.27. The molecule has 0 aliphatic carbocycles. The molecule has 2 nitrogen and oxygen atoms in total. The second-order valence-electron chi connectivity index (χ2n) is 3.86. The van der Waals surface area contributed by atoms with Crippen molar-refractivity contribution in [1.82, 2.24) is 5.32 Å². The number of hydrogen-bond acceptors (Lipinski definition) is 2. The highest BCUT2D eigenvalue weighted by molar-refractivity contribution is 5.14. The largest absolute Gasteiger partial charge is 0.298 e. The van der Waals surface area contributed by atoms with Crippen molar-refractivity contribution in [3.8, 4) is 6.07 Å². The number of benzene rings is 1. The van der Waals surface area contributed by atoms with Gasteiger partial charge in [0.2, 0.25) is 0 Å². The number of nitriles is 1. The summed E-state index contributed by atoms with van der Waals surface area (Å²) in [6.07, 6.45) is 1.03. The van der Waals surface area contributed by atoms with Crippen LogP contribution in [0.2, 0.25) is 0 Å². The molecule has 1 aromatic rings. The van der Waals surface area contributed by atoms with Crippen LogP contribution in [0, 0.1) is 17.2 Å². The van der Waals surface area contributed by atoms with Crippen molar-refractivity contribution in [2.45, 2.75) is 32.9 Å². The number of nitrogens with one attached hydrogen (secondary N) is 1. The van der Waals surface area contributed by atoms with Crippen molar-refractivity contribution in [3.63, 3.8) is 0 Å². The van der Waals surface area contributed by atoms with Crippen LogP contribution >= 0.6 is 0 Å². The van der Waals surface area contributed by atoms with Gasteiger partial charge >= 0.3 is 0 Å². The summed E-state index contributed by atoms with van der Waals surface area (Å²) in [6, 6.07) is 12.4. The van der Waals surface area contributed by atoms with Crippen LogP contribution < -0.4 is 5.32 Å². The molecule has 15 heavy (non-hydrogen) atoms. The Morgan fingerprint density at radius 1 is 1.33 bits per heavy atom. The minimum Gasteiger partial charge on any atom is -0.298 e. The molecule has 0 amide bonds. The quantitative estimate of drug-likeness (QED) is 0.797. The molecule has 0 aliphatic rings. The lowest BCUT2D eigenvalue weighted by molar-refractivity contribution is 0.430. The van der Waals surface area contributed by atoms with Gasteiger partial charge in [-0.1, -0.05) is 50.6 Å². The second kappa shape index (κ2) is 6.21. The molecule has 0 saturated heterocycles. The van der Waals surface area contributed by atoms with Gasteiger partial charge in [0.05, 0.1) is 12.1 Å². The fourth-order valence-corrected chi connectivity index (χ4v) is 1.43. The molecular formula is C13H18N2. The topological polar surface area (TPSA) is 35.8 Å². The fraction of sp³-hybridized carbons (Fsp3) is 0.462. The molecule has 0 aromatic heterocycles. The summed E-state index contributed by atoms with van der Waals surface area (Å²) in [5, 5.41) is 12.3. The average molecular weight is 202 g/mol. The summed E-state index contributed by atoms with van der Waals surface area (Å²) in [6.45, 7) is 4.98. The van der Waals surface area contributed by atoms with E-state index < -0.39 is 0 Å². The number of rotatable bonds is 5. The van der Waals surface area contributed by atoms with Crippen LogP contribution in [0.5, 0.6) is 0 Å². The summed E-state index contributed by atoms with van der Waals surface area (Å²) < 4.78 is 0. The van der Waals surface area contributed by atoms with Gasteiger partial charge in [-0.15, -0.1) is 0 Å². The molecule has 0 spiro atoms. The molecule has 2 unspecified atom stereocenters. The molecule has 0 radical (unpaired) electrons. The minimum atomic E-state index is -0.0461. The van der Waals surface area contributed by atoms with Crippen LogP contribution in [0.3, 0.4) is 0 Å². The monoisotopic (exact) mass is 202 g/mol. The van der Waals surface area contributed by atoms with Crippen molar-refractivity contribution in [2.75, 3.05) is 0 Å². The lowest BCUT2D eigenvalue weighted by Gasteiger charge is -2.17. The number of nitrogens with zero attached hydrogens (tertiary/aromatic N) is 1. The Bertz CT molecular complexity index is 313. The summed E-state index contributed by atoms with van der Waals surface area (Å²) in [7, 11) is 0. The maximum absolute atomic E-state index is 8.99. The van der Waals surface area contributed by atoms with E-state index in [9.17, 15) is 0 Å². The molecule has 1 aromatic carbocycles. The molecule has 2 heteroatoms. The Labute approximate surface area is 91.9 Å². The molecule has 80 valence electrons. The van der Waals surface area contributed by atoms with Crippen molar-refractivity contribution in [1.29, 1.82) is 5.26 Å². The molecule has 0 saturated carbocycles. The van der Waals surface area contributed by atoms with Crippen LogP contribution in [0.1, 0.15) is 25.8 Å². The molecule has 0 bridgehead atoms. The van der Waals surface area contributed by atoms with E-state index in [0.29, 0.717) is 5.92 Å². The fourth-order valence-electron chi connectivity index (χ4n) is 1.43. The maximum Gasteiger partial charge on any atom is 0.0981 e. The minimum absolute atomic E-state index is 0.0461. The molecular weight excluding hydrogens is 184 g/mol. The molecule has 2 atom stereocenters. The molecule has 0 fully saturated rings. The molecule has 0 aliphatic heterocycles. The Hall–Kier alpha value is -1.33. The first-order valence-corrected chi connectivity index (χ1v) is 5.44. The molecule has 0 heterocycles. The lowest BCUT2D eigenvalue weighted by Crippen LogP contribution is -2.32. The Kier molecular flexibility index (Phi) is 4.86. The molecule has 1 rings (SSSR count). The van der Waals surface area contributed by atoms with E-state index in [1.165, 1.54) is 5.56 Å². The Balaban J connectivity index is 2.46. The van der Waals surface area contributed by atoms with Crippen LogP contribution in [0.15, 0.2) is 30.3 Å². The number of hydrogen-bond donors (Lipinski definition) is 1. The third-order valence-electron chi connectivity index (χ3n) is 2.72. The van der Waals surface area contributed by atoms with Gasteiger partial charge < -0.3 is 0 Å². The van der Waals surface area contributed by atoms with E-state index in [4.69, 9.17) is 5.26 Å². The molecule has 1 N–H and O–H groups in total. The summed E-state index contributed by atoms with van der Waals surface area (Å²) in [5.41, 5.74) is 1.22. The SMILES string of the molecule is CCC(C)C(C#N)NCc1ccccc1. The first kappa shape index (κ1) is 11.7. The van der Waals surface area contributed by atoms with Crippen LogP contribution in [0.4, 0.5) is 0 Å². The lowest BCUT2D eigenvalue weighted by atomic mass is 10.0. The van der Waals surface area contributed by atoms with Crippen molar-refractivity contribution in [2.24, 2.45) is 5.92 Å². The van der Waals surface area contributed by atoms with Gasteiger partial charge in [0.1, 0.15) is 0 Å². The summed E-state index contributed by atoms with van der Waals surface area (Å²) in [4.78, 5) is 0. The second-order valence-corrected chi connectivity index (χ2v) is 3.86. The zero-order valence-corrected chi connectivity index (χ0v) is 9.40.